The van der Waals surface area contributed by atoms with Crippen LogP contribution in [0.4, 0.5) is 0 Å². The standard InChI is InChI=1S/C6H15O5P/c1-2-6(3-7,4-8)5-11-12(9)10/h7-10H,2-5H2,1H3. The molecule has 0 rings (SSSR count). The predicted molar refractivity (Wildman–Crippen MR) is 44.2 cm³/mol. The molecule has 0 aromatic rings. The molecular weight excluding hydrogens is 183 g/mol. The molecule has 0 bridgehead atoms. The van der Waals surface area contributed by atoms with E-state index in [-0.39, 0.29) is 19.8 Å². The topological polar surface area (TPSA) is 90.2 Å². The van der Waals surface area contributed by atoms with Gasteiger partial charge in [-0.2, -0.15) is 0 Å². The second-order valence-electron chi connectivity index (χ2n) is 2.70. The third-order valence-corrected chi connectivity index (χ3v) is 2.27. The van der Waals surface area contributed by atoms with Crippen molar-refractivity contribution in [3.8, 4) is 0 Å². The molecule has 0 aliphatic rings. The van der Waals surface area contributed by atoms with Crippen LogP contribution in [-0.4, -0.2) is 39.8 Å². The van der Waals surface area contributed by atoms with E-state index in [1.807, 2.05) is 0 Å². The lowest BCUT2D eigenvalue weighted by Gasteiger charge is -2.27. The largest absolute Gasteiger partial charge is 0.396 e. The van der Waals surface area contributed by atoms with Crippen LogP contribution in [0.3, 0.4) is 0 Å². The van der Waals surface area contributed by atoms with E-state index in [1.54, 1.807) is 6.92 Å². The Balaban J connectivity index is 3.93. The van der Waals surface area contributed by atoms with E-state index >= 15 is 0 Å². The molecule has 5 nitrogen and oxygen atoms in total. The summed E-state index contributed by atoms with van der Waals surface area (Å²) in [6, 6.07) is 0. The molecule has 0 aromatic carbocycles. The van der Waals surface area contributed by atoms with E-state index in [2.05, 4.69) is 4.52 Å². The molecule has 0 unspecified atom stereocenters. The molecule has 0 fully saturated rings. The van der Waals surface area contributed by atoms with Crippen molar-refractivity contribution in [2.75, 3.05) is 19.8 Å². The molecule has 4 N–H and O–H groups in total. The van der Waals surface area contributed by atoms with E-state index in [0.717, 1.165) is 0 Å². The fourth-order valence-electron chi connectivity index (χ4n) is 0.662. The minimum absolute atomic E-state index is 0.0464. The Bertz CT molecular complexity index is 106. The van der Waals surface area contributed by atoms with Crippen LogP contribution in [0.15, 0.2) is 0 Å². The van der Waals surface area contributed by atoms with Gasteiger partial charge in [0.25, 0.3) is 0 Å². The second kappa shape index (κ2) is 5.80. The summed E-state index contributed by atoms with van der Waals surface area (Å²) in [6.07, 6.45) is 0.517. The summed E-state index contributed by atoms with van der Waals surface area (Å²) >= 11 is 0. The Labute approximate surface area is 72.6 Å². The molecule has 74 valence electrons. The fourth-order valence-corrected chi connectivity index (χ4v) is 1.05. The Morgan fingerprint density at radius 2 is 1.75 bits per heavy atom. The summed E-state index contributed by atoms with van der Waals surface area (Å²) < 4.78 is 4.54. The molecule has 0 radical (unpaired) electrons. The molecule has 0 aliphatic carbocycles. The first-order valence-electron chi connectivity index (χ1n) is 3.63. The summed E-state index contributed by atoms with van der Waals surface area (Å²) in [7, 11) is -2.40. The van der Waals surface area contributed by atoms with Gasteiger partial charge in [0.15, 0.2) is 0 Å². The first-order chi connectivity index (χ1) is 5.60. The lowest BCUT2D eigenvalue weighted by Crippen LogP contribution is -2.33. The Morgan fingerprint density at radius 3 is 2.00 bits per heavy atom. The van der Waals surface area contributed by atoms with E-state index in [9.17, 15) is 0 Å². The number of aliphatic hydroxyl groups excluding tert-OH is 2. The van der Waals surface area contributed by atoms with Crippen molar-refractivity contribution in [3.63, 3.8) is 0 Å². The van der Waals surface area contributed by atoms with Crippen molar-refractivity contribution >= 4 is 8.60 Å². The molecule has 6 heteroatoms. The van der Waals surface area contributed by atoms with Crippen LogP contribution in [0.1, 0.15) is 13.3 Å². The van der Waals surface area contributed by atoms with Gasteiger partial charge >= 0.3 is 8.60 Å². The van der Waals surface area contributed by atoms with Gasteiger partial charge in [-0.05, 0) is 6.42 Å². The average molecular weight is 198 g/mol. The fraction of sp³-hybridized carbons (Fsp3) is 1.00. The van der Waals surface area contributed by atoms with Gasteiger partial charge in [0, 0.05) is 5.41 Å². The molecule has 0 saturated heterocycles. The van der Waals surface area contributed by atoms with Gasteiger partial charge in [-0.3, -0.25) is 0 Å². The zero-order chi connectivity index (χ0) is 9.61. The van der Waals surface area contributed by atoms with Gasteiger partial charge in [-0.25, -0.2) is 0 Å². The second-order valence-corrected chi connectivity index (χ2v) is 3.46. The molecule has 0 spiro atoms. The maximum absolute atomic E-state index is 8.89. The molecule has 0 heterocycles. The lowest BCUT2D eigenvalue weighted by molar-refractivity contribution is 0.00820. The van der Waals surface area contributed by atoms with Crippen LogP contribution < -0.4 is 0 Å². The number of rotatable bonds is 6. The predicted octanol–water partition coefficient (Wildman–Crippen LogP) is -0.405. The summed E-state index contributed by atoms with van der Waals surface area (Å²) in [5.41, 5.74) is -0.758. The van der Waals surface area contributed by atoms with Gasteiger partial charge in [-0.1, -0.05) is 6.92 Å². The molecule has 12 heavy (non-hydrogen) atoms. The van der Waals surface area contributed by atoms with Crippen LogP contribution in [0, 0.1) is 5.41 Å². The minimum Gasteiger partial charge on any atom is -0.396 e. The van der Waals surface area contributed by atoms with Gasteiger partial charge in [0.05, 0.1) is 19.8 Å². The van der Waals surface area contributed by atoms with Crippen LogP contribution in [-0.2, 0) is 4.52 Å². The Hall–Kier alpha value is 0.230. The lowest BCUT2D eigenvalue weighted by atomic mass is 9.88. The van der Waals surface area contributed by atoms with Crippen molar-refractivity contribution in [1.82, 2.24) is 0 Å². The average Bonchev–Trinajstić information content (AvgIpc) is 2.08. The molecule has 0 atom stereocenters. The van der Waals surface area contributed by atoms with Gasteiger partial charge in [0.1, 0.15) is 0 Å². The molecule has 0 aliphatic heterocycles. The maximum atomic E-state index is 8.89. The van der Waals surface area contributed by atoms with Crippen LogP contribution in [0.25, 0.3) is 0 Å². The third-order valence-electron chi connectivity index (χ3n) is 1.91. The quantitative estimate of drug-likeness (QED) is 0.436. The van der Waals surface area contributed by atoms with Crippen LogP contribution in [0.2, 0.25) is 0 Å². The minimum atomic E-state index is -2.40. The highest BCUT2D eigenvalue weighted by Gasteiger charge is 2.28. The van der Waals surface area contributed by atoms with Gasteiger partial charge < -0.3 is 24.5 Å². The van der Waals surface area contributed by atoms with Gasteiger partial charge in [-0.15, -0.1) is 0 Å². The highest BCUT2D eigenvalue weighted by Crippen LogP contribution is 2.30. The number of aliphatic hydroxyl groups is 2. The summed E-state index contributed by atoms with van der Waals surface area (Å²) in [4.78, 5) is 16.9. The number of hydrogen-bond donors (Lipinski definition) is 4. The maximum Gasteiger partial charge on any atom is 0.327 e. The SMILES string of the molecule is CCC(CO)(CO)COP(O)O. The van der Waals surface area contributed by atoms with Gasteiger partial charge in [0.2, 0.25) is 0 Å². The summed E-state index contributed by atoms with van der Waals surface area (Å²) in [5, 5.41) is 17.8. The third kappa shape index (κ3) is 3.76. The Morgan fingerprint density at radius 1 is 1.25 bits per heavy atom. The highest BCUT2D eigenvalue weighted by atomic mass is 31.2. The van der Waals surface area contributed by atoms with E-state index in [1.165, 1.54) is 0 Å². The van der Waals surface area contributed by atoms with Crippen molar-refractivity contribution in [1.29, 1.82) is 0 Å². The van der Waals surface area contributed by atoms with Crippen molar-refractivity contribution in [3.05, 3.63) is 0 Å². The summed E-state index contributed by atoms with van der Waals surface area (Å²) in [6.45, 7) is 1.27. The molecule has 0 saturated carbocycles. The first kappa shape index (κ1) is 12.2. The highest BCUT2D eigenvalue weighted by molar-refractivity contribution is 7.39. The van der Waals surface area contributed by atoms with Crippen LogP contribution >= 0.6 is 8.60 Å². The number of hydrogen-bond acceptors (Lipinski definition) is 5. The van der Waals surface area contributed by atoms with Crippen molar-refractivity contribution < 1.29 is 24.5 Å². The normalized spacial score (nSPS) is 12.5. The van der Waals surface area contributed by atoms with Crippen LogP contribution in [0.5, 0.6) is 0 Å². The monoisotopic (exact) mass is 198 g/mol. The summed E-state index contributed by atoms with van der Waals surface area (Å²) in [5.74, 6) is 0. The zero-order valence-corrected chi connectivity index (χ0v) is 7.87. The molecular formula is C6H15O5P. The van der Waals surface area contributed by atoms with Crippen molar-refractivity contribution in [2.45, 2.75) is 13.3 Å². The van der Waals surface area contributed by atoms with Crippen molar-refractivity contribution in [2.24, 2.45) is 5.41 Å². The Kier molecular flexibility index (Phi) is 5.92. The first-order valence-corrected chi connectivity index (χ1v) is 4.79. The smallest absolute Gasteiger partial charge is 0.327 e. The van der Waals surface area contributed by atoms with E-state index in [4.69, 9.17) is 20.0 Å². The van der Waals surface area contributed by atoms with E-state index < -0.39 is 14.0 Å². The van der Waals surface area contributed by atoms with E-state index in [0.29, 0.717) is 6.42 Å². The zero-order valence-electron chi connectivity index (χ0n) is 6.97. The molecule has 0 aromatic heterocycles. The molecule has 0 amide bonds.